The zero-order valence-corrected chi connectivity index (χ0v) is 27.8. The second-order valence-electron chi connectivity index (χ2n) is 12.3. The van der Waals surface area contributed by atoms with E-state index in [0.29, 0.717) is 18.4 Å². The minimum atomic E-state index is -1.61. The SMILES string of the molecule is CC[C@H](C)[C@@H]1NC(=O)[C@H](C)NC(=O)CNC(=O)[C@H](CO)NC(=O)[C@H](CC(N)=O)NC(=O)[C@H](Cc2ccccc2)NC(=O)[C@@H]2CCCN2C1=O. The molecule has 1 aromatic rings. The number of aliphatic hydroxyl groups excluding tert-OH is 1. The Kier molecular flexibility index (Phi) is 14.0. The van der Waals surface area contributed by atoms with E-state index >= 15 is 0 Å². The number of primary amides is 1. The fourth-order valence-electron chi connectivity index (χ4n) is 5.57. The van der Waals surface area contributed by atoms with Crippen LogP contribution in [-0.2, 0) is 44.8 Å². The Labute approximate surface area is 283 Å². The van der Waals surface area contributed by atoms with Crippen molar-refractivity contribution in [2.45, 2.75) is 89.1 Å². The van der Waals surface area contributed by atoms with Crippen molar-refractivity contribution in [2.24, 2.45) is 11.7 Å². The molecule has 1 aromatic carbocycles. The van der Waals surface area contributed by atoms with E-state index in [9.17, 15) is 43.5 Å². The first-order valence-corrected chi connectivity index (χ1v) is 16.3. The largest absolute Gasteiger partial charge is 0.394 e. The first-order chi connectivity index (χ1) is 23.2. The van der Waals surface area contributed by atoms with E-state index < -0.39 is 103 Å². The third-order valence-electron chi connectivity index (χ3n) is 8.58. The van der Waals surface area contributed by atoms with Crippen molar-refractivity contribution >= 4 is 47.3 Å². The van der Waals surface area contributed by atoms with Crippen molar-refractivity contribution in [3.8, 4) is 0 Å². The molecule has 2 saturated heterocycles. The van der Waals surface area contributed by atoms with Crippen molar-refractivity contribution < 1.29 is 43.5 Å². The molecule has 0 bridgehead atoms. The fraction of sp³-hybridized carbons (Fsp3) is 0.562. The van der Waals surface area contributed by atoms with Crippen LogP contribution in [0.1, 0.15) is 52.0 Å². The Morgan fingerprint density at radius 1 is 0.878 bits per heavy atom. The van der Waals surface area contributed by atoms with E-state index in [0.717, 1.165) is 0 Å². The first-order valence-electron chi connectivity index (χ1n) is 16.3. The molecule has 2 heterocycles. The van der Waals surface area contributed by atoms with Gasteiger partial charge in [0, 0.05) is 13.0 Å². The minimum Gasteiger partial charge on any atom is -0.394 e. The van der Waals surface area contributed by atoms with E-state index in [1.54, 1.807) is 37.3 Å². The lowest BCUT2D eigenvalue weighted by molar-refractivity contribution is -0.143. The van der Waals surface area contributed by atoms with Gasteiger partial charge >= 0.3 is 0 Å². The van der Waals surface area contributed by atoms with Crippen LogP contribution in [0.2, 0.25) is 0 Å². The van der Waals surface area contributed by atoms with Crippen LogP contribution in [-0.4, -0.2) is 113 Å². The molecule has 0 aromatic heterocycles. The van der Waals surface area contributed by atoms with Crippen LogP contribution >= 0.6 is 0 Å². The van der Waals surface area contributed by atoms with Crippen LogP contribution in [0.4, 0.5) is 0 Å². The van der Waals surface area contributed by atoms with Gasteiger partial charge in [-0.1, -0.05) is 50.6 Å². The van der Waals surface area contributed by atoms with E-state index in [1.165, 1.54) is 11.8 Å². The number of hydrogen-bond acceptors (Lipinski definition) is 9. The van der Waals surface area contributed by atoms with E-state index in [1.807, 2.05) is 6.92 Å². The molecule has 2 aliphatic rings. The Morgan fingerprint density at radius 2 is 1.51 bits per heavy atom. The smallest absolute Gasteiger partial charge is 0.246 e. The van der Waals surface area contributed by atoms with Gasteiger partial charge in [0.2, 0.25) is 47.3 Å². The van der Waals surface area contributed by atoms with Gasteiger partial charge in [0.05, 0.1) is 19.6 Å². The van der Waals surface area contributed by atoms with Crippen LogP contribution in [0.5, 0.6) is 0 Å². The lowest BCUT2D eigenvalue weighted by Crippen LogP contribution is -2.60. The maximum Gasteiger partial charge on any atom is 0.246 e. The maximum absolute atomic E-state index is 13.9. The van der Waals surface area contributed by atoms with Gasteiger partial charge in [-0.3, -0.25) is 38.4 Å². The third-order valence-corrected chi connectivity index (χ3v) is 8.58. The zero-order valence-electron chi connectivity index (χ0n) is 27.8. The normalized spacial score (nSPS) is 27.3. The van der Waals surface area contributed by atoms with E-state index in [-0.39, 0.29) is 25.3 Å². The summed E-state index contributed by atoms with van der Waals surface area (Å²) in [6.45, 7) is 3.66. The molecule has 8 amide bonds. The number of nitrogens with zero attached hydrogens (tertiary/aromatic N) is 1. The van der Waals surface area contributed by atoms with Gasteiger partial charge in [-0.2, -0.15) is 0 Å². The van der Waals surface area contributed by atoms with Gasteiger partial charge in [0.25, 0.3) is 0 Å². The highest BCUT2D eigenvalue weighted by Crippen LogP contribution is 2.22. The van der Waals surface area contributed by atoms with E-state index in [4.69, 9.17) is 5.73 Å². The van der Waals surface area contributed by atoms with Gasteiger partial charge in [-0.15, -0.1) is 0 Å². The summed E-state index contributed by atoms with van der Waals surface area (Å²) in [5.41, 5.74) is 6.00. The summed E-state index contributed by atoms with van der Waals surface area (Å²) in [6, 6.07) is 1.02. The van der Waals surface area contributed by atoms with Gasteiger partial charge in [-0.25, -0.2) is 0 Å². The molecule has 0 aliphatic carbocycles. The number of rotatable bonds is 7. The molecule has 2 aliphatic heterocycles. The van der Waals surface area contributed by atoms with Gasteiger partial charge in [-0.05, 0) is 31.2 Å². The molecule has 17 heteroatoms. The summed E-state index contributed by atoms with van der Waals surface area (Å²) in [4.78, 5) is 106. The molecule has 9 N–H and O–H groups in total. The molecule has 7 atom stereocenters. The molecular formula is C32H46N8O9. The maximum atomic E-state index is 13.9. The number of hydrogen-bond donors (Lipinski definition) is 8. The minimum absolute atomic E-state index is 0.0316. The Balaban J connectivity index is 2.02. The predicted molar refractivity (Wildman–Crippen MR) is 174 cm³/mol. The average molecular weight is 687 g/mol. The van der Waals surface area contributed by atoms with Gasteiger partial charge in [0.15, 0.2) is 0 Å². The predicted octanol–water partition coefficient (Wildman–Crippen LogP) is -3.29. The quantitative estimate of drug-likeness (QED) is 0.143. The molecule has 3 rings (SSSR count). The number of benzene rings is 1. The summed E-state index contributed by atoms with van der Waals surface area (Å²) < 4.78 is 0. The van der Waals surface area contributed by atoms with Crippen LogP contribution in [0.3, 0.4) is 0 Å². The summed E-state index contributed by atoms with van der Waals surface area (Å²) in [5.74, 6) is -6.81. The summed E-state index contributed by atoms with van der Waals surface area (Å²) in [6.07, 6.45) is 0.536. The Morgan fingerprint density at radius 3 is 2.14 bits per heavy atom. The highest BCUT2D eigenvalue weighted by molar-refractivity contribution is 5.99. The summed E-state index contributed by atoms with van der Waals surface area (Å²) >= 11 is 0. The Bertz CT molecular complexity index is 1410. The molecule has 0 saturated carbocycles. The fourth-order valence-corrected chi connectivity index (χ4v) is 5.57. The molecule has 17 nitrogen and oxygen atoms in total. The molecule has 0 unspecified atom stereocenters. The van der Waals surface area contributed by atoms with Crippen LogP contribution in [0, 0.1) is 5.92 Å². The lowest BCUT2D eigenvalue weighted by Gasteiger charge is -2.32. The van der Waals surface area contributed by atoms with Crippen molar-refractivity contribution in [1.82, 2.24) is 36.8 Å². The Hall–Kier alpha value is -5.06. The number of carbonyl (C=O) groups excluding carboxylic acids is 8. The standard InChI is InChI=1S/C32H46N8O9/c1-4-17(2)26-32(49)40-12-8-11-23(40)31(48)37-20(13-19-9-6-5-7-10-19)29(46)36-21(14-24(33)42)30(47)38-22(16-41)28(45)34-15-25(43)35-18(3)27(44)39-26/h5-7,9-10,17-18,20-23,26,41H,4,8,11-16H2,1-3H3,(H2,33,42)(H,34,45)(H,35,43)(H,36,46)(H,37,48)(H,38,47)(H,39,44)/t17-,18-,20-,21-,22-,23-,26-/m0/s1. The number of carbonyl (C=O) groups is 8. The third kappa shape index (κ3) is 10.7. The van der Waals surface area contributed by atoms with Crippen molar-refractivity contribution in [3.63, 3.8) is 0 Å². The topological polar surface area (TPSA) is 258 Å². The summed E-state index contributed by atoms with van der Waals surface area (Å²) in [5, 5.41) is 24.5. The molecule has 268 valence electrons. The highest BCUT2D eigenvalue weighted by Gasteiger charge is 2.41. The molecular weight excluding hydrogens is 640 g/mol. The van der Waals surface area contributed by atoms with Crippen molar-refractivity contribution in [3.05, 3.63) is 35.9 Å². The monoisotopic (exact) mass is 686 g/mol. The number of fused-ring (bicyclic) bond motifs is 1. The second-order valence-corrected chi connectivity index (χ2v) is 12.3. The van der Waals surface area contributed by atoms with E-state index in [2.05, 4.69) is 31.9 Å². The van der Waals surface area contributed by atoms with Gasteiger partial charge in [0.1, 0.15) is 36.3 Å². The molecule has 2 fully saturated rings. The molecule has 49 heavy (non-hydrogen) atoms. The average Bonchev–Trinajstić information content (AvgIpc) is 3.57. The molecule has 0 radical (unpaired) electrons. The number of amides is 8. The summed E-state index contributed by atoms with van der Waals surface area (Å²) in [7, 11) is 0. The van der Waals surface area contributed by atoms with Crippen LogP contribution in [0.25, 0.3) is 0 Å². The number of aliphatic hydroxyl groups is 1. The van der Waals surface area contributed by atoms with Crippen molar-refractivity contribution in [1.29, 1.82) is 0 Å². The number of nitrogens with two attached hydrogens (primary N) is 1. The molecule has 0 spiro atoms. The second kappa shape index (κ2) is 17.9. The zero-order chi connectivity index (χ0) is 36.2. The first kappa shape index (κ1) is 38.4. The van der Waals surface area contributed by atoms with Gasteiger partial charge < -0.3 is 47.6 Å². The number of nitrogens with one attached hydrogen (secondary N) is 6. The van der Waals surface area contributed by atoms with Crippen molar-refractivity contribution in [2.75, 3.05) is 19.7 Å². The van der Waals surface area contributed by atoms with Crippen LogP contribution in [0.15, 0.2) is 30.3 Å². The lowest BCUT2D eigenvalue weighted by atomic mass is 9.97. The van der Waals surface area contributed by atoms with Crippen LogP contribution < -0.4 is 37.6 Å². The highest BCUT2D eigenvalue weighted by atomic mass is 16.3.